The molecule has 0 radical (unpaired) electrons. The summed E-state index contributed by atoms with van der Waals surface area (Å²) in [6.07, 6.45) is 4.74. The standard InChI is InChI=1S/C36H47ClN6O5/c1-36(2,3)48-35(44)43-23-12-13-24(43)19-42(18-23)33-28-14-16-41(20-29(28)38-34(39-33)46-21-25-9-8-15-40(25)4)30-17-31(47-22-45-5)32(37)27-11-7-6-10-26(27)30/h6-7,10-11,17,23-25H,8-9,12-16,18-22H2,1-5H3/t23-,24+,25-/m0/s1. The molecule has 4 aliphatic heterocycles. The maximum absolute atomic E-state index is 13.2. The average molecular weight is 679 g/mol. The monoisotopic (exact) mass is 678 g/mol. The SMILES string of the molecule is COCOc1cc(N2CCc3c(nc(OC[C@@H]4CCCN4C)nc3N3C[C@H]4CC[C@@H](C3)N4C(=O)OC(C)(C)C)C2)c2ccccc2c1Cl. The smallest absolute Gasteiger partial charge is 0.410 e. The zero-order valence-electron chi connectivity index (χ0n) is 28.7. The van der Waals surface area contributed by atoms with Crippen LogP contribution in [0.1, 0.15) is 57.7 Å². The average Bonchev–Trinajstić information content (AvgIpc) is 3.60. The van der Waals surface area contributed by atoms with E-state index in [9.17, 15) is 4.79 Å². The summed E-state index contributed by atoms with van der Waals surface area (Å²) in [6, 6.07) is 11.1. The molecule has 3 atom stereocenters. The van der Waals surface area contributed by atoms with E-state index < -0.39 is 5.60 Å². The van der Waals surface area contributed by atoms with Gasteiger partial charge in [-0.05, 0) is 66.5 Å². The molecule has 3 aromatic rings. The molecule has 0 saturated carbocycles. The van der Waals surface area contributed by atoms with E-state index in [-0.39, 0.29) is 25.0 Å². The van der Waals surface area contributed by atoms with Crippen molar-refractivity contribution in [3.8, 4) is 11.8 Å². The van der Waals surface area contributed by atoms with Crippen LogP contribution in [0.4, 0.5) is 16.3 Å². The van der Waals surface area contributed by atoms with Gasteiger partial charge in [-0.25, -0.2) is 4.79 Å². The molecule has 5 heterocycles. The van der Waals surface area contributed by atoms with E-state index >= 15 is 0 Å². The maximum atomic E-state index is 13.2. The lowest BCUT2D eigenvalue weighted by molar-refractivity contribution is 0.0122. The molecule has 258 valence electrons. The number of carbonyl (C=O) groups excluding carboxylic acids is 1. The van der Waals surface area contributed by atoms with Crippen LogP contribution < -0.4 is 19.3 Å². The van der Waals surface area contributed by atoms with Crippen molar-refractivity contribution in [3.63, 3.8) is 0 Å². The molecule has 48 heavy (non-hydrogen) atoms. The molecular weight excluding hydrogens is 632 g/mol. The van der Waals surface area contributed by atoms with Crippen molar-refractivity contribution >= 4 is 40.0 Å². The van der Waals surface area contributed by atoms with Gasteiger partial charge in [0, 0.05) is 60.9 Å². The van der Waals surface area contributed by atoms with E-state index in [4.69, 9.17) is 40.5 Å². The van der Waals surface area contributed by atoms with Gasteiger partial charge in [-0.15, -0.1) is 0 Å². The minimum atomic E-state index is -0.531. The number of methoxy groups -OCH3 is 1. The van der Waals surface area contributed by atoms with Crippen LogP contribution in [-0.2, 0) is 22.4 Å². The number of piperazine rings is 1. The number of amides is 1. The molecule has 0 aliphatic carbocycles. The number of anilines is 2. The predicted molar refractivity (Wildman–Crippen MR) is 186 cm³/mol. The minimum absolute atomic E-state index is 0.0757. The van der Waals surface area contributed by atoms with Gasteiger partial charge in [0.05, 0.1) is 29.3 Å². The van der Waals surface area contributed by atoms with Crippen LogP contribution >= 0.6 is 11.6 Å². The molecule has 11 nitrogen and oxygen atoms in total. The molecule has 12 heteroatoms. The van der Waals surface area contributed by atoms with E-state index in [1.165, 1.54) is 6.42 Å². The number of hydrogen-bond acceptors (Lipinski definition) is 10. The molecule has 0 N–H and O–H groups in total. The van der Waals surface area contributed by atoms with Crippen molar-refractivity contribution in [1.82, 2.24) is 19.8 Å². The third-order valence-corrected chi connectivity index (χ3v) is 10.5. The highest BCUT2D eigenvalue weighted by Crippen LogP contribution is 2.42. The molecule has 2 aromatic carbocycles. The normalized spacial score (nSPS) is 22.7. The summed E-state index contributed by atoms with van der Waals surface area (Å²) in [5.74, 6) is 1.52. The largest absolute Gasteiger partial charge is 0.466 e. The number of likely N-dealkylation sites (tertiary alicyclic amines) is 1. The number of carbonyl (C=O) groups is 1. The molecule has 0 unspecified atom stereocenters. The Balaban J connectivity index is 1.21. The molecule has 7 rings (SSSR count). The highest BCUT2D eigenvalue weighted by Gasteiger charge is 2.45. The fourth-order valence-corrected chi connectivity index (χ4v) is 8.03. The lowest BCUT2D eigenvalue weighted by Gasteiger charge is -2.43. The van der Waals surface area contributed by atoms with Crippen LogP contribution in [0.5, 0.6) is 11.8 Å². The number of nitrogens with zero attached hydrogens (tertiary/aromatic N) is 6. The topological polar surface area (TPSA) is 92.7 Å². The third kappa shape index (κ3) is 6.56. The van der Waals surface area contributed by atoms with E-state index in [0.29, 0.717) is 49.1 Å². The van der Waals surface area contributed by atoms with Gasteiger partial charge in [0.25, 0.3) is 0 Å². The second kappa shape index (κ2) is 13.4. The first-order valence-corrected chi connectivity index (χ1v) is 17.5. The van der Waals surface area contributed by atoms with Gasteiger partial charge in [-0.1, -0.05) is 35.9 Å². The van der Waals surface area contributed by atoms with Crippen molar-refractivity contribution in [2.24, 2.45) is 0 Å². The van der Waals surface area contributed by atoms with E-state index in [1.54, 1.807) is 7.11 Å². The maximum Gasteiger partial charge on any atom is 0.410 e. The van der Waals surface area contributed by atoms with Gasteiger partial charge in [-0.2, -0.15) is 9.97 Å². The second-order valence-electron chi connectivity index (χ2n) is 14.5. The Morgan fingerprint density at radius 1 is 1.00 bits per heavy atom. The van der Waals surface area contributed by atoms with Crippen LogP contribution in [-0.4, -0.2) is 103 Å². The second-order valence-corrected chi connectivity index (χ2v) is 14.9. The number of fused-ring (bicyclic) bond motifs is 4. The van der Waals surface area contributed by atoms with Crippen LogP contribution in [0, 0.1) is 0 Å². The number of rotatable bonds is 8. The fraction of sp³-hybridized carbons (Fsp3) is 0.583. The Morgan fingerprint density at radius 2 is 1.75 bits per heavy atom. The molecule has 2 bridgehead atoms. The zero-order chi connectivity index (χ0) is 33.6. The summed E-state index contributed by atoms with van der Waals surface area (Å²) < 4.78 is 23.3. The highest BCUT2D eigenvalue weighted by molar-refractivity contribution is 6.37. The quantitative estimate of drug-likeness (QED) is 0.269. The first-order chi connectivity index (χ1) is 23.1. The number of benzene rings is 2. The van der Waals surface area contributed by atoms with Crippen molar-refractivity contribution in [3.05, 3.63) is 46.6 Å². The Labute approximate surface area is 288 Å². The van der Waals surface area contributed by atoms with Gasteiger partial charge in [0.2, 0.25) is 0 Å². The van der Waals surface area contributed by atoms with Gasteiger partial charge < -0.3 is 33.6 Å². The lowest BCUT2D eigenvalue weighted by Crippen LogP contribution is -2.57. The van der Waals surface area contributed by atoms with Crippen LogP contribution in [0.15, 0.2) is 30.3 Å². The molecule has 0 spiro atoms. The van der Waals surface area contributed by atoms with E-state index in [1.807, 2.05) is 49.9 Å². The van der Waals surface area contributed by atoms with Crippen molar-refractivity contribution < 1.29 is 23.7 Å². The Morgan fingerprint density at radius 3 is 2.44 bits per heavy atom. The van der Waals surface area contributed by atoms with Crippen LogP contribution in [0.2, 0.25) is 5.02 Å². The molecule has 3 fully saturated rings. The Kier molecular flexibility index (Phi) is 9.21. The van der Waals surface area contributed by atoms with Gasteiger partial charge in [-0.3, -0.25) is 4.90 Å². The first-order valence-electron chi connectivity index (χ1n) is 17.2. The molecule has 3 saturated heterocycles. The Bertz CT molecular complexity index is 1650. The number of likely N-dealkylation sites (N-methyl/N-ethyl adjacent to an activating group) is 1. The summed E-state index contributed by atoms with van der Waals surface area (Å²) in [5, 5.41) is 2.56. The number of halogens is 1. The molecule has 1 amide bonds. The third-order valence-electron chi connectivity index (χ3n) is 10.1. The van der Waals surface area contributed by atoms with Crippen LogP contribution in [0.25, 0.3) is 10.8 Å². The highest BCUT2D eigenvalue weighted by atomic mass is 35.5. The number of hydrogen-bond donors (Lipinski definition) is 0. The van der Waals surface area contributed by atoms with E-state index in [2.05, 4.69) is 27.8 Å². The summed E-state index contributed by atoms with van der Waals surface area (Å²) in [7, 11) is 3.75. The number of ether oxygens (including phenoxy) is 4. The summed E-state index contributed by atoms with van der Waals surface area (Å²) in [4.78, 5) is 32.4. The summed E-state index contributed by atoms with van der Waals surface area (Å²) in [6.45, 7) is 10.3. The lowest BCUT2D eigenvalue weighted by atomic mass is 10.0. The van der Waals surface area contributed by atoms with Gasteiger partial charge >= 0.3 is 12.1 Å². The minimum Gasteiger partial charge on any atom is -0.466 e. The van der Waals surface area contributed by atoms with Gasteiger partial charge in [0.1, 0.15) is 23.8 Å². The van der Waals surface area contributed by atoms with Crippen LogP contribution in [0.3, 0.4) is 0 Å². The zero-order valence-corrected chi connectivity index (χ0v) is 29.5. The predicted octanol–water partition coefficient (Wildman–Crippen LogP) is 5.89. The van der Waals surface area contributed by atoms with Gasteiger partial charge in [0.15, 0.2) is 6.79 Å². The van der Waals surface area contributed by atoms with Crippen molar-refractivity contribution in [2.75, 3.05) is 63.5 Å². The number of aromatic nitrogens is 2. The summed E-state index contributed by atoms with van der Waals surface area (Å²) in [5.41, 5.74) is 2.61. The van der Waals surface area contributed by atoms with E-state index in [0.717, 1.165) is 72.3 Å². The molecular formula is C36H47ClN6O5. The Hall–Kier alpha value is -3.54. The molecule has 4 aliphatic rings. The fourth-order valence-electron chi connectivity index (χ4n) is 7.75. The van der Waals surface area contributed by atoms with Crippen molar-refractivity contribution in [2.45, 2.75) is 83.1 Å². The summed E-state index contributed by atoms with van der Waals surface area (Å²) >= 11 is 6.81. The first kappa shape index (κ1) is 33.0. The van der Waals surface area contributed by atoms with Crippen molar-refractivity contribution in [1.29, 1.82) is 0 Å². The molecule has 1 aromatic heterocycles.